The van der Waals surface area contributed by atoms with Crippen molar-refractivity contribution in [1.82, 2.24) is 4.31 Å². The first kappa shape index (κ1) is 19.6. The van der Waals surface area contributed by atoms with E-state index in [9.17, 15) is 23.9 Å². The average Bonchev–Trinajstić information content (AvgIpc) is 3.01. The number of halogens is 1. The highest BCUT2D eigenvalue weighted by molar-refractivity contribution is 7.89. The molecular weight excluding hydrogens is 392 g/mol. The molecule has 2 atom stereocenters. The van der Waals surface area contributed by atoms with Gasteiger partial charge in [-0.05, 0) is 36.4 Å². The molecule has 3 rings (SSSR count). The molecule has 2 N–H and O–H groups in total. The van der Waals surface area contributed by atoms with Crippen LogP contribution in [0.25, 0.3) is 0 Å². The molecule has 2 aromatic carbocycles. The van der Waals surface area contributed by atoms with E-state index in [0.717, 1.165) is 4.31 Å². The van der Waals surface area contributed by atoms with E-state index < -0.39 is 28.3 Å². The van der Waals surface area contributed by atoms with Gasteiger partial charge in [0, 0.05) is 11.6 Å². The Balaban J connectivity index is 1.90. The third-order valence-electron chi connectivity index (χ3n) is 4.41. The Bertz CT molecular complexity index is 974. The van der Waals surface area contributed by atoms with Gasteiger partial charge in [0.25, 0.3) is 0 Å². The standard InChI is InChI=1S/C18H17ClN2O5S/c19-14-5-7-15(8-6-14)26-17-10-21(11-18(17,23)12-22)27(24,25)16-4-2-1-3-13(16)9-20/h1-8,17,22-23H,10-12H2/t17-,18+/m0/s1. The Labute approximate surface area is 162 Å². The SMILES string of the molecule is N#Cc1ccccc1S(=O)(=O)N1C[C@H](Oc2ccc(Cl)cc2)[C@](O)(CO)C1. The fourth-order valence-electron chi connectivity index (χ4n) is 2.91. The molecule has 1 saturated heterocycles. The van der Waals surface area contributed by atoms with Crippen LogP contribution in [0.3, 0.4) is 0 Å². The van der Waals surface area contributed by atoms with Crippen molar-refractivity contribution >= 4 is 21.6 Å². The lowest BCUT2D eigenvalue weighted by Crippen LogP contribution is -2.48. The lowest BCUT2D eigenvalue weighted by molar-refractivity contribution is -0.0640. The molecule has 1 aliphatic rings. The van der Waals surface area contributed by atoms with E-state index in [1.54, 1.807) is 30.3 Å². The van der Waals surface area contributed by atoms with Gasteiger partial charge in [-0.3, -0.25) is 0 Å². The first-order valence-electron chi connectivity index (χ1n) is 8.05. The Morgan fingerprint density at radius 2 is 1.93 bits per heavy atom. The number of β-amino-alcohol motifs (C(OH)–C–C–N with tert-alkyl or cyclic N) is 1. The van der Waals surface area contributed by atoms with Crippen LogP contribution in [0, 0.1) is 11.3 Å². The highest BCUT2D eigenvalue weighted by atomic mass is 35.5. The summed E-state index contributed by atoms with van der Waals surface area (Å²) in [6.07, 6.45) is -0.993. The van der Waals surface area contributed by atoms with E-state index in [4.69, 9.17) is 16.3 Å². The normalized spacial score (nSPS) is 23.1. The van der Waals surface area contributed by atoms with Crippen LogP contribution < -0.4 is 4.74 Å². The zero-order chi connectivity index (χ0) is 19.7. The van der Waals surface area contributed by atoms with Gasteiger partial charge < -0.3 is 14.9 Å². The number of aliphatic hydroxyl groups is 2. The quantitative estimate of drug-likeness (QED) is 0.773. The maximum atomic E-state index is 13.0. The Morgan fingerprint density at radius 1 is 1.26 bits per heavy atom. The molecule has 1 aliphatic heterocycles. The van der Waals surface area contributed by atoms with Gasteiger partial charge in [-0.25, -0.2) is 8.42 Å². The number of ether oxygens (including phenoxy) is 1. The summed E-state index contributed by atoms with van der Waals surface area (Å²) >= 11 is 5.83. The summed E-state index contributed by atoms with van der Waals surface area (Å²) < 4.78 is 32.7. The van der Waals surface area contributed by atoms with E-state index in [1.807, 2.05) is 6.07 Å². The molecule has 7 nitrogen and oxygen atoms in total. The lowest BCUT2D eigenvalue weighted by atomic mass is 10.0. The maximum absolute atomic E-state index is 13.0. The third-order valence-corrected chi connectivity index (χ3v) is 6.53. The van der Waals surface area contributed by atoms with Crippen LogP contribution in [-0.2, 0) is 10.0 Å². The number of benzene rings is 2. The minimum absolute atomic E-state index is 0.00658. The second kappa shape index (κ2) is 7.46. The van der Waals surface area contributed by atoms with Crippen molar-refractivity contribution < 1.29 is 23.4 Å². The van der Waals surface area contributed by atoms with Crippen molar-refractivity contribution in [1.29, 1.82) is 5.26 Å². The van der Waals surface area contributed by atoms with Crippen LogP contribution in [0.2, 0.25) is 5.02 Å². The summed E-state index contributed by atoms with van der Waals surface area (Å²) in [7, 11) is -4.06. The predicted molar refractivity (Wildman–Crippen MR) is 97.8 cm³/mol. The topological polar surface area (TPSA) is 111 Å². The summed E-state index contributed by atoms with van der Waals surface area (Å²) in [6, 6.07) is 14.0. The van der Waals surface area contributed by atoms with E-state index >= 15 is 0 Å². The number of aliphatic hydroxyl groups excluding tert-OH is 1. The van der Waals surface area contributed by atoms with Gasteiger partial charge in [0.05, 0.1) is 23.6 Å². The van der Waals surface area contributed by atoms with Gasteiger partial charge >= 0.3 is 0 Å². The molecule has 0 aromatic heterocycles. The van der Waals surface area contributed by atoms with Gasteiger partial charge in [-0.15, -0.1) is 0 Å². The van der Waals surface area contributed by atoms with E-state index in [1.165, 1.54) is 18.2 Å². The van der Waals surface area contributed by atoms with Crippen LogP contribution in [-0.4, -0.2) is 54.3 Å². The van der Waals surface area contributed by atoms with E-state index in [-0.39, 0.29) is 23.5 Å². The van der Waals surface area contributed by atoms with Crippen LogP contribution >= 0.6 is 11.6 Å². The second-order valence-corrected chi connectivity index (χ2v) is 8.57. The molecule has 0 bridgehead atoms. The Kier molecular flexibility index (Phi) is 5.42. The molecule has 0 amide bonds. The Hall–Kier alpha value is -2.15. The maximum Gasteiger partial charge on any atom is 0.244 e. The number of nitrogens with zero attached hydrogens (tertiary/aromatic N) is 2. The van der Waals surface area contributed by atoms with Gasteiger partial charge in [0.2, 0.25) is 10.0 Å². The zero-order valence-electron chi connectivity index (χ0n) is 14.1. The zero-order valence-corrected chi connectivity index (χ0v) is 15.7. The van der Waals surface area contributed by atoms with Crippen molar-refractivity contribution in [2.24, 2.45) is 0 Å². The largest absolute Gasteiger partial charge is 0.486 e. The van der Waals surface area contributed by atoms with Crippen molar-refractivity contribution in [2.45, 2.75) is 16.6 Å². The van der Waals surface area contributed by atoms with Crippen molar-refractivity contribution in [3.63, 3.8) is 0 Å². The van der Waals surface area contributed by atoms with Crippen LogP contribution in [0.1, 0.15) is 5.56 Å². The number of nitriles is 1. The van der Waals surface area contributed by atoms with Crippen molar-refractivity contribution in [2.75, 3.05) is 19.7 Å². The minimum atomic E-state index is -4.06. The molecule has 1 fully saturated rings. The molecule has 0 unspecified atom stereocenters. The summed E-state index contributed by atoms with van der Waals surface area (Å²) in [5, 5.41) is 30.0. The van der Waals surface area contributed by atoms with Gasteiger partial charge in [0.1, 0.15) is 23.5 Å². The number of hydrogen-bond acceptors (Lipinski definition) is 6. The van der Waals surface area contributed by atoms with Gasteiger partial charge in [-0.2, -0.15) is 9.57 Å². The summed E-state index contributed by atoms with van der Waals surface area (Å²) in [5.74, 6) is 0.382. The minimum Gasteiger partial charge on any atom is -0.486 e. The molecular formula is C18H17ClN2O5S. The highest BCUT2D eigenvalue weighted by Gasteiger charge is 2.51. The molecule has 1 heterocycles. The monoisotopic (exact) mass is 408 g/mol. The summed E-state index contributed by atoms with van der Waals surface area (Å²) in [6.45, 7) is -1.22. The lowest BCUT2D eigenvalue weighted by Gasteiger charge is -2.27. The highest BCUT2D eigenvalue weighted by Crippen LogP contribution is 2.31. The summed E-state index contributed by atoms with van der Waals surface area (Å²) in [5.41, 5.74) is -1.78. The van der Waals surface area contributed by atoms with Crippen molar-refractivity contribution in [3.8, 4) is 11.8 Å². The second-order valence-electron chi connectivity index (χ2n) is 6.23. The molecule has 27 heavy (non-hydrogen) atoms. The smallest absolute Gasteiger partial charge is 0.244 e. The van der Waals surface area contributed by atoms with Crippen LogP contribution in [0.4, 0.5) is 0 Å². The number of sulfonamides is 1. The predicted octanol–water partition coefficient (Wildman–Crippen LogP) is 1.39. The molecule has 0 spiro atoms. The van der Waals surface area contributed by atoms with Crippen LogP contribution in [0.5, 0.6) is 5.75 Å². The fourth-order valence-corrected chi connectivity index (χ4v) is 4.68. The molecule has 0 radical (unpaired) electrons. The van der Waals surface area contributed by atoms with Crippen molar-refractivity contribution in [3.05, 3.63) is 59.1 Å². The average molecular weight is 409 g/mol. The first-order valence-corrected chi connectivity index (χ1v) is 9.87. The third kappa shape index (κ3) is 3.78. The molecule has 9 heteroatoms. The van der Waals surface area contributed by atoms with E-state index in [2.05, 4.69) is 0 Å². The number of rotatable bonds is 5. The molecule has 142 valence electrons. The van der Waals surface area contributed by atoms with Gasteiger partial charge in [0.15, 0.2) is 0 Å². The molecule has 2 aromatic rings. The van der Waals surface area contributed by atoms with Gasteiger partial charge in [-0.1, -0.05) is 23.7 Å². The number of hydrogen-bond donors (Lipinski definition) is 2. The fraction of sp³-hybridized carbons (Fsp3) is 0.278. The van der Waals surface area contributed by atoms with E-state index in [0.29, 0.717) is 10.8 Å². The summed E-state index contributed by atoms with van der Waals surface area (Å²) in [4.78, 5) is -0.153. The molecule has 0 saturated carbocycles. The van der Waals surface area contributed by atoms with Crippen LogP contribution in [0.15, 0.2) is 53.4 Å². The first-order chi connectivity index (χ1) is 12.8. The Morgan fingerprint density at radius 3 is 2.56 bits per heavy atom. The molecule has 0 aliphatic carbocycles.